The first kappa shape index (κ1) is 17.5. The standard InChI is InChI=1S/C21H18ClN3O2/c22-17-3-1-14(2-4-17)13-16-9-12-25(21(16)27)19-6-5-18(20(26)24-19)15-7-10-23-11-8-15/h1-8,10-11,16H,9,12-13H2,(H,24,26). The summed E-state index contributed by atoms with van der Waals surface area (Å²) in [6.07, 6.45) is 4.73. The molecule has 0 bridgehead atoms. The number of benzene rings is 1. The monoisotopic (exact) mass is 379 g/mol. The van der Waals surface area contributed by atoms with Crippen molar-refractivity contribution in [1.29, 1.82) is 0 Å². The average molecular weight is 380 g/mol. The van der Waals surface area contributed by atoms with Gasteiger partial charge in [0.1, 0.15) is 5.82 Å². The van der Waals surface area contributed by atoms with Gasteiger partial charge in [-0.1, -0.05) is 23.7 Å². The van der Waals surface area contributed by atoms with Crippen LogP contribution in [0.25, 0.3) is 11.1 Å². The number of aromatic amines is 1. The van der Waals surface area contributed by atoms with Gasteiger partial charge in [0.25, 0.3) is 5.56 Å². The van der Waals surface area contributed by atoms with E-state index in [0.717, 1.165) is 17.5 Å². The number of carbonyl (C=O) groups is 1. The molecular weight excluding hydrogens is 362 g/mol. The molecule has 27 heavy (non-hydrogen) atoms. The van der Waals surface area contributed by atoms with Crippen LogP contribution in [-0.2, 0) is 11.2 Å². The third-order valence-corrected chi connectivity index (χ3v) is 5.14. The number of halogens is 1. The molecule has 1 unspecified atom stereocenters. The highest BCUT2D eigenvalue weighted by atomic mass is 35.5. The van der Waals surface area contributed by atoms with Crippen LogP contribution < -0.4 is 10.5 Å². The number of amides is 1. The van der Waals surface area contributed by atoms with Crippen molar-refractivity contribution in [1.82, 2.24) is 9.97 Å². The molecule has 1 N–H and O–H groups in total. The van der Waals surface area contributed by atoms with E-state index in [1.165, 1.54) is 0 Å². The number of carbonyl (C=O) groups excluding carboxylic acids is 1. The minimum Gasteiger partial charge on any atom is -0.308 e. The second-order valence-corrected chi connectivity index (χ2v) is 7.06. The maximum atomic E-state index is 12.8. The zero-order chi connectivity index (χ0) is 18.8. The van der Waals surface area contributed by atoms with Gasteiger partial charge >= 0.3 is 0 Å². The second-order valence-electron chi connectivity index (χ2n) is 6.63. The highest BCUT2D eigenvalue weighted by Crippen LogP contribution is 2.27. The fourth-order valence-electron chi connectivity index (χ4n) is 3.45. The Labute approximate surface area is 161 Å². The Kier molecular flexibility index (Phi) is 4.77. The lowest BCUT2D eigenvalue weighted by atomic mass is 9.98. The number of hydrogen-bond acceptors (Lipinski definition) is 3. The van der Waals surface area contributed by atoms with Gasteiger partial charge in [-0.25, -0.2) is 0 Å². The normalized spacial score (nSPS) is 16.7. The van der Waals surface area contributed by atoms with Crippen LogP contribution in [0.15, 0.2) is 65.7 Å². The summed E-state index contributed by atoms with van der Waals surface area (Å²) in [6.45, 7) is 0.599. The van der Waals surface area contributed by atoms with E-state index in [1.807, 2.05) is 24.3 Å². The maximum Gasteiger partial charge on any atom is 0.257 e. The average Bonchev–Trinajstić information content (AvgIpc) is 3.04. The third kappa shape index (κ3) is 3.64. The van der Waals surface area contributed by atoms with Crippen molar-refractivity contribution in [2.24, 2.45) is 5.92 Å². The molecule has 1 amide bonds. The second kappa shape index (κ2) is 7.37. The van der Waals surface area contributed by atoms with Crippen molar-refractivity contribution >= 4 is 23.3 Å². The van der Waals surface area contributed by atoms with Crippen LogP contribution in [0.1, 0.15) is 12.0 Å². The minimum absolute atomic E-state index is 0.0391. The van der Waals surface area contributed by atoms with Crippen LogP contribution in [0.3, 0.4) is 0 Å². The molecule has 6 heteroatoms. The van der Waals surface area contributed by atoms with Crippen LogP contribution in [0, 0.1) is 5.92 Å². The third-order valence-electron chi connectivity index (χ3n) is 4.89. The Morgan fingerprint density at radius 3 is 2.48 bits per heavy atom. The Bertz CT molecular complexity index is 1020. The number of pyridine rings is 2. The summed E-state index contributed by atoms with van der Waals surface area (Å²) in [4.78, 5) is 33.8. The molecule has 1 aromatic carbocycles. The predicted octanol–water partition coefficient (Wildman–Crippen LogP) is 3.69. The molecule has 5 nitrogen and oxygen atoms in total. The molecule has 136 valence electrons. The van der Waals surface area contributed by atoms with Crippen LogP contribution in [0.4, 0.5) is 5.82 Å². The van der Waals surface area contributed by atoms with Gasteiger partial charge in [0.2, 0.25) is 5.91 Å². The summed E-state index contributed by atoms with van der Waals surface area (Å²) in [5.74, 6) is 0.494. The first-order valence-electron chi connectivity index (χ1n) is 8.81. The van der Waals surface area contributed by atoms with E-state index in [1.54, 1.807) is 41.6 Å². The topological polar surface area (TPSA) is 66.1 Å². The van der Waals surface area contributed by atoms with E-state index in [-0.39, 0.29) is 17.4 Å². The number of anilines is 1. The first-order chi connectivity index (χ1) is 13.1. The van der Waals surface area contributed by atoms with E-state index in [0.29, 0.717) is 29.4 Å². The molecule has 1 fully saturated rings. The minimum atomic E-state index is -0.215. The van der Waals surface area contributed by atoms with Gasteiger partial charge in [-0.05, 0) is 60.4 Å². The fraction of sp³-hybridized carbons (Fsp3) is 0.190. The number of aromatic nitrogens is 2. The van der Waals surface area contributed by atoms with Gasteiger partial charge in [-0.15, -0.1) is 0 Å². The van der Waals surface area contributed by atoms with Crippen molar-refractivity contribution in [2.45, 2.75) is 12.8 Å². The quantitative estimate of drug-likeness (QED) is 0.751. The lowest BCUT2D eigenvalue weighted by Gasteiger charge is -2.17. The van der Waals surface area contributed by atoms with Crippen LogP contribution >= 0.6 is 11.6 Å². The number of hydrogen-bond donors (Lipinski definition) is 1. The summed E-state index contributed by atoms with van der Waals surface area (Å²) in [6, 6.07) is 14.7. The molecule has 0 saturated carbocycles. The molecule has 1 atom stereocenters. The molecule has 0 radical (unpaired) electrons. The summed E-state index contributed by atoms with van der Waals surface area (Å²) < 4.78 is 0. The van der Waals surface area contributed by atoms with Gasteiger partial charge in [0.15, 0.2) is 0 Å². The molecule has 3 aromatic rings. The Morgan fingerprint density at radius 1 is 1.04 bits per heavy atom. The molecule has 0 spiro atoms. The Morgan fingerprint density at radius 2 is 1.78 bits per heavy atom. The van der Waals surface area contributed by atoms with E-state index < -0.39 is 0 Å². The maximum absolute atomic E-state index is 12.8. The zero-order valence-electron chi connectivity index (χ0n) is 14.6. The number of nitrogens with zero attached hydrogens (tertiary/aromatic N) is 2. The van der Waals surface area contributed by atoms with Crippen molar-refractivity contribution in [3.8, 4) is 11.1 Å². The van der Waals surface area contributed by atoms with E-state index in [9.17, 15) is 9.59 Å². The van der Waals surface area contributed by atoms with Crippen LogP contribution in [0.2, 0.25) is 5.02 Å². The zero-order valence-corrected chi connectivity index (χ0v) is 15.3. The van der Waals surface area contributed by atoms with Gasteiger partial charge in [-0.2, -0.15) is 0 Å². The number of rotatable bonds is 4. The van der Waals surface area contributed by atoms with Gasteiger partial charge in [-0.3, -0.25) is 19.5 Å². The number of nitrogens with one attached hydrogen (secondary N) is 1. The summed E-state index contributed by atoms with van der Waals surface area (Å²) in [5.41, 5.74) is 2.23. The fourth-order valence-corrected chi connectivity index (χ4v) is 3.58. The lowest BCUT2D eigenvalue weighted by Crippen LogP contribution is -2.30. The molecule has 3 heterocycles. The Hall–Kier alpha value is -2.92. The number of H-pyrrole nitrogens is 1. The molecule has 1 aliphatic rings. The first-order valence-corrected chi connectivity index (χ1v) is 9.19. The molecule has 1 saturated heterocycles. The van der Waals surface area contributed by atoms with E-state index >= 15 is 0 Å². The van der Waals surface area contributed by atoms with E-state index in [2.05, 4.69) is 9.97 Å². The summed E-state index contributed by atoms with van der Waals surface area (Å²) >= 11 is 5.92. The highest BCUT2D eigenvalue weighted by molar-refractivity contribution is 6.30. The molecule has 4 rings (SSSR count). The van der Waals surface area contributed by atoms with Crippen LogP contribution in [0.5, 0.6) is 0 Å². The van der Waals surface area contributed by atoms with Gasteiger partial charge in [0.05, 0.1) is 0 Å². The van der Waals surface area contributed by atoms with Crippen molar-refractivity contribution in [3.05, 3.63) is 81.9 Å². The van der Waals surface area contributed by atoms with Gasteiger partial charge in [0, 0.05) is 35.4 Å². The molecular formula is C21H18ClN3O2. The van der Waals surface area contributed by atoms with Crippen molar-refractivity contribution in [2.75, 3.05) is 11.4 Å². The molecule has 1 aliphatic heterocycles. The SMILES string of the molecule is O=C1C(Cc2ccc(Cl)cc2)CCN1c1ccc(-c2ccncc2)c(=O)[nH]1. The summed E-state index contributed by atoms with van der Waals surface area (Å²) in [5, 5.41) is 0.685. The predicted molar refractivity (Wildman–Crippen MR) is 106 cm³/mol. The van der Waals surface area contributed by atoms with Crippen LogP contribution in [-0.4, -0.2) is 22.4 Å². The lowest BCUT2D eigenvalue weighted by molar-refractivity contribution is -0.120. The van der Waals surface area contributed by atoms with Crippen molar-refractivity contribution < 1.29 is 4.79 Å². The summed E-state index contributed by atoms with van der Waals surface area (Å²) in [7, 11) is 0. The molecule has 0 aliphatic carbocycles. The van der Waals surface area contributed by atoms with Gasteiger partial charge < -0.3 is 4.98 Å². The largest absolute Gasteiger partial charge is 0.308 e. The highest BCUT2D eigenvalue weighted by Gasteiger charge is 2.33. The van der Waals surface area contributed by atoms with E-state index in [4.69, 9.17) is 11.6 Å². The Balaban J connectivity index is 1.52. The smallest absolute Gasteiger partial charge is 0.257 e. The molecule has 2 aromatic heterocycles. The van der Waals surface area contributed by atoms with Crippen molar-refractivity contribution in [3.63, 3.8) is 0 Å².